The summed E-state index contributed by atoms with van der Waals surface area (Å²) in [6.45, 7) is 19.7. The summed E-state index contributed by atoms with van der Waals surface area (Å²) < 4.78 is 44.3. The molecular weight excluding hydrogens is 914 g/mol. The molecule has 2 aromatic heterocycles. The van der Waals surface area contributed by atoms with E-state index in [-0.39, 0.29) is 72.8 Å². The fourth-order valence-corrected chi connectivity index (χ4v) is 7.54. The van der Waals surface area contributed by atoms with E-state index in [1.54, 1.807) is 24.4 Å². The molecule has 2 heterocycles. The largest absolute Gasteiger partial charge is 0.507 e. The number of pyridine rings is 1. The SMILES string of the molecule is [2H]c1c([2H])c([2H])c(-c2ccnc(-c3[c-]c(-c4cccc5c4nc(-c4cc(C(C)(C)CC)ccc4O)n5-c4ccc(C(C)(C)C)cc4-c4ccccc4)cc(C(C)(C)C)c3)c2)c([2H])c1[2H].[Pt]. The molecule has 8 aromatic rings. The van der Waals surface area contributed by atoms with Crippen LogP contribution < -0.4 is 0 Å². The molecule has 0 saturated heterocycles. The Morgan fingerprint density at radius 2 is 1.32 bits per heavy atom. The van der Waals surface area contributed by atoms with Gasteiger partial charge in [-0.3, -0.25) is 9.55 Å². The zero-order chi connectivity index (χ0) is 46.0. The Morgan fingerprint density at radius 1 is 0.633 bits per heavy atom. The fraction of sp³-hybridized carbons (Fsp3) is 0.236. The minimum absolute atomic E-state index is 0. The quantitative estimate of drug-likeness (QED) is 0.154. The van der Waals surface area contributed by atoms with Crippen molar-refractivity contribution in [2.75, 3.05) is 0 Å². The van der Waals surface area contributed by atoms with Gasteiger partial charge in [-0.25, -0.2) is 4.98 Å². The maximum absolute atomic E-state index is 11.8. The standard InChI is InChI=1S/C55H54N3O.Pt/c1-10-55(8,9)42-25-27-50(59)46(35-42)52-57-51-44(22-17-23-49(51)58(52)48-26-24-41(53(2,3)4)34-45(48)37-20-15-12-16-21-37)39-30-40(32-43(31-39)54(5,6)7)47-33-38(28-29-56-47)36-18-13-11-14-19-36;/h11-29,31-35,59H,10H2,1-9H3;/q-1;/i11D,13D,14D,18D,19D;. The van der Waals surface area contributed by atoms with Crippen molar-refractivity contribution >= 4 is 11.0 Å². The van der Waals surface area contributed by atoms with Crippen LogP contribution in [0.2, 0.25) is 0 Å². The summed E-state index contributed by atoms with van der Waals surface area (Å²) in [5, 5.41) is 11.8. The maximum Gasteiger partial charge on any atom is 0.148 e. The van der Waals surface area contributed by atoms with Crippen LogP contribution in [0.5, 0.6) is 5.75 Å². The van der Waals surface area contributed by atoms with Crippen molar-refractivity contribution in [2.45, 2.75) is 85.0 Å². The zero-order valence-corrected chi connectivity index (χ0v) is 38.1. The van der Waals surface area contributed by atoms with Gasteiger partial charge in [0.25, 0.3) is 0 Å². The van der Waals surface area contributed by atoms with E-state index in [2.05, 4.69) is 146 Å². The molecule has 0 spiro atoms. The smallest absolute Gasteiger partial charge is 0.148 e. The molecule has 0 unspecified atom stereocenters. The van der Waals surface area contributed by atoms with Gasteiger partial charge < -0.3 is 5.11 Å². The molecule has 0 aliphatic heterocycles. The van der Waals surface area contributed by atoms with E-state index in [1.165, 1.54) is 5.56 Å². The first-order chi connectivity index (χ1) is 30.2. The van der Waals surface area contributed by atoms with Crippen LogP contribution in [0.4, 0.5) is 0 Å². The molecule has 306 valence electrons. The van der Waals surface area contributed by atoms with Crippen LogP contribution >= 0.6 is 0 Å². The van der Waals surface area contributed by atoms with Gasteiger partial charge in [-0.2, -0.15) is 0 Å². The Labute approximate surface area is 377 Å². The Bertz CT molecular complexity index is 3080. The van der Waals surface area contributed by atoms with Gasteiger partial charge in [0.05, 0.1) is 29.1 Å². The summed E-state index contributed by atoms with van der Waals surface area (Å²) in [5.41, 5.74) is 11.4. The summed E-state index contributed by atoms with van der Waals surface area (Å²) in [5.74, 6) is 0.740. The van der Waals surface area contributed by atoms with Crippen LogP contribution in [0.15, 0.2) is 146 Å². The molecule has 8 rings (SSSR count). The first-order valence-corrected chi connectivity index (χ1v) is 20.4. The van der Waals surface area contributed by atoms with E-state index in [0.717, 1.165) is 56.5 Å². The van der Waals surface area contributed by atoms with E-state index in [0.29, 0.717) is 28.2 Å². The van der Waals surface area contributed by atoms with E-state index in [9.17, 15) is 5.11 Å². The third-order valence-corrected chi connectivity index (χ3v) is 11.6. The van der Waals surface area contributed by atoms with Crippen LogP contribution in [0, 0.1) is 6.07 Å². The maximum atomic E-state index is 11.8. The first-order valence-electron chi connectivity index (χ1n) is 22.9. The van der Waals surface area contributed by atoms with Gasteiger partial charge in [-0.15, -0.1) is 29.3 Å². The zero-order valence-electron chi connectivity index (χ0n) is 40.8. The Kier molecular flexibility index (Phi) is 9.96. The van der Waals surface area contributed by atoms with E-state index < -0.39 is 6.04 Å². The summed E-state index contributed by atoms with van der Waals surface area (Å²) in [6, 6.07) is 38.7. The molecule has 0 radical (unpaired) electrons. The Hall–Kier alpha value is -5.57. The molecule has 4 nitrogen and oxygen atoms in total. The third-order valence-electron chi connectivity index (χ3n) is 11.6. The van der Waals surface area contributed by atoms with E-state index in [4.69, 9.17) is 16.8 Å². The number of benzene rings is 6. The molecule has 1 N–H and O–H groups in total. The van der Waals surface area contributed by atoms with Gasteiger partial charge >= 0.3 is 0 Å². The van der Waals surface area contributed by atoms with Crippen molar-refractivity contribution in [1.82, 2.24) is 14.5 Å². The second-order valence-electron chi connectivity index (χ2n) is 18.1. The van der Waals surface area contributed by atoms with Gasteiger partial charge in [0, 0.05) is 38.5 Å². The number of hydrogen-bond donors (Lipinski definition) is 1. The van der Waals surface area contributed by atoms with Crippen LogP contribution in [0.3, 0.4) is 0 Å². The number of aromatic nitrogens is 3. The molecule has 0 aliphatic rings. The summed E-state index contributed by atoms with van der Waals surface area (Å²) in [6.07, 6.45) is 2.51. The Morgan fingerprint density at radius 3 is 2.02 bits per heavy atom. The number of fused-ring (bicyclic) bond motifs is 1. The molecule has 5 heteroatoms. The topological polar surface area (TPSA) is 50.9 Å². The number of phenols is 1. The minimum Gasteiger partial charge on any atom is -0.507 e. The first kappa shape index (κ1) is 36.3. The molecule has 0 atom stereocenters. The third kappa shape index (κ3) is 8.28. The monoisotopic (exact) mass is 972 g/mol. The van der Waals surface area contributed by atoms with Crippen molar-refractivity contribution in [3.63, 3.8) is 0 Å². The minimum atomic E-state index is -0.436. The molecule has 0 aliphatic carbocycles. The van der Waals surface area contributed by atoms with E-state index in [1.807, 2.05) is 18.2 Å². The molecule has 0 bridgehead atoms. The van der Waals surface area contributed by atoms with Crippen LogP contribution in [0.1, 0.15) is 92.3 Å². The average molecular weight is 973 g/mol. The van der Waals surface area contributed by atoms with E-state index >= 15 is 0 Å². The molecule has 60 heavy (non-hydrogen) atoms. The van der Waals surface area contributed by atoms with Gasteiger partial charge in [0.2, 0.25) is 0 Å². The number of aromatic hydroxyl groups is 1. The number of rotatable bonds is 8. The fourth-order valence-electron chi connectivity index (χ4n) is 7.54. The van der Waals surface area contributed by atoms with Crippen molar-refractivity contribution in [2.24, 2.45) is 0 Å². The normalized spacial score (nSPS) is 13.2. The van der Waals surface area contributed by atoms with Gasteiger partial charge in [-0.05, 0) is 86.9 Å². The van der Waals surface area contributed by atoms with Crippen LogP contribution in [0.25, 0.3) is 72.7 Å². The second-order valence-corrected chi connectivity index (χ2v) is 18.1. The number of para-hydroxylation sites is 1. The van der Waals surface area contributed by atoms with Crippen molar-refractivity contribution in [1.29, 1.82) is 0 Å². The van der Waals surface area contributed by atoms with Crippen LogP contribution in [-0.4, -0.2) is 19.6 Å². The Balaban J connectivity index is 0.00000630. The predicted molar refractivity (Wildman–Crippen MR) is 247 cm³/mol. The summed E-state index contributed by atoms with van der Waals surface area (Å²) in [7, 11) is 0. The molecule has 0 amide bonds. The molecular formula is C55H54N3OPt-. The van der Waals surface area contributed by atoms with Gasteiger partial charge in [0.15, 0.2) is 0 Å². The molecule has 0 saturated carbocycles. The number of imidazole rings is 1. The second kappa shape index (κ2) is 16.5. The number of nitrogens with zero attached hydrogens (tertiary/aromatic N) is 3. The van der Waals surface area contributed by atoms with Crippen molar-refractivity contribution in [3.8, 4) is 67.5 Å². The number of hydrogen-bond acceptors (Lipinski definition) is 3. The molecule has 6 aromatic carbocycles. The van der Waals surface area contributed by atoms with Crippen LogP contribution in [-0.2, 0) is 37.3 Å². The summed E-state index contributed by atoms with van der Waals surface area (Å²) in [4.78, 5) is 10.3. The average Bonchev–Trinajstić information content (AvgIpc) is 3.66. The molecule has 0 fully saturated rings. The van der Waals surface area contributed by atoms with Crippen molar-refractivity contribution < 1.29 is 33.0 Å². The van der Waals surface area contributed by atoms with Gasteiger partial charge in [-0.1, -0.05) is 164 Å². The van der Waals surface area contributed by atoms with Gasteiger partial charge in [0.1, 0.15) is 11.6 Å². The predicted octanol–water partition coefficient (Wildman–Crippen LogP) is 14.5. The van der Waals surface area contributed by atoms with Crippen molar-refractivity contribution in [3.05, 3.63) is 168 Å². The number of phenolic OH excluding ortho intramolecular Hbond substituents is 1. The summed E-state index contributed by atoms with van der Waals surface area (Å²) >= 11 is 0.